The van der Waals surface area contributed by atoms with Crippen LogP contribution < -0.4 is 0 Å². The number of carbonyl (C=O) groups is 2. The summed E-state index contributed by atoms with van der Waals surface area (Å²) < 4.78 is 40.1. The zero-order valence-electron chi connectivity index (χ0n) is 25.4. The number of ether oxygens (including phenoxy) is 2. The van der Waals surface area contributed by atoms with Crippen LogP contribution in [0.5, 0.6) is 0 Å². The molecule has 1 heterocycles. The number of benzene rings is 2. The van der Waals surface area contributed by atoms with Crippen molar-refractivity contribution in [3.05, 3.63) is 77.4 Å². The smallest absolute Gasteiger partial charge is 0.247 e. The van der Waals surface area contributed by atoms with E-state index in [1.165, 1.54) is 49.3 Å². The lowest BCUT2D eigenvalue weighted by Gasteiger charge is -2.42. The minimum atomic E-state index is -1.31. The Kier molecular flexibility index (Phi) is 13.3. The van der Waals surface area contributed by atoms with Crippen molar-refractivity contribution in [2.45, 2.75) is 58.0 Å². The highest BCUT2D eigenvalue weighted by molar-refractivity contribution is 5.92. The van der Waals surface area contributed by atoms with Crippen LogP contribution in [-0.4, -0.2) is 90.1 Å². The van der Waals surface area contributed by atoms with Gasteiger partial charge in [-0.05, 0) is 48.6 Å². The lowest BCUT2D eigenvalue weighted by atomic mass is 9.82. The molecular weight excluding hydrogens is 558 g/mol. The molecule has 236 valence electrons. The second kappa shape index (κ2) is 16.6. The minimum absolute atomic E-state index is 0.0235. The second-order valence-corrected chi connectivity index (χ2v) is 11.3. The van der Waals surface area contributed by atoms with Gasteiger partial charge in [0, 0.05) is 57.8 Å². The molecule has 43 heavy (non-hydrogen) atoms. The minimum Gasteiger partial charge on any atom is -0.388 e. The van der Waals surface area contributed by atoms with Gasteiger partial charge in [-0.1, -0.05) is 44.2 Å². The first kappa shape index (κ1) is 34.3. The van der Waals surface area contributed by atoms with Crippen molar-refractivity contribution >= 4 is 17.9 Å². The normalized spacial score (nSPS) is 25.0. The number of halogens is 2. The van der Waals surface area contributed by atoms with Crippen molar-refractivity contribution in [3.63, 3.8) is 0 Å². The van der Waals surface area contributed by atoms with E-state index in [2.05, 4.69) is 0 Å². The zero-order valence-corrected chi connectivity index (χ0v) is 25.4. The first-order valence-corrected chi connectivity index (χ1v) is 14.7. The molecule has 1 aliphatic rings. The Balaban J connectivity index is 2.12. The average molecular weight is 603 g/mol. The van der Waals surface area contributed by atoms with Crippen molar-refractivity contribution in [2.24, 2.45) is 11.8 Å². The molecule has 2 aromatic rings. The molecule has 3 rings (SSSR count). The van der Waals surface area contributed by atoms with Gasteiger partial charge in [0.1, 0.15) is 29.9 Å². The molecule has 0 spiro atoms. The quantitative estimate of drug-likeness (QED) is 0.498. The summed E-state index contributed by atoms with van der Waals surface area (Å²) in [6.45, 7) is 5.91. The predicted octanol–water partition coefficient (Wildman–Crippen LogP) is 4.22. The number of hydrogen-bond acceptors (Lipinski definition) is 6. The number of methoxy groups -OCH3 is 1. The summed E-state index contributed by atoms with van der Waals surface area (Å²) in [6, 6.07) is 11.6. The fraction of sp³-hybridized carbons (Fsp3) is 0.515. The number of nitrogens with zero attached hydrogens (tertiary/aromatic N) is 2. The first-order chi connectivity index (χ1) is 20.5. The van der Waals surface area contributed by atoms with E-state index in [1.54, 1.807) is 35.2 Å². The summed E-state index contributed by atoms with van der Waals surface area (Å²) in [7, 11) is 1.39. The average Bonchev–Trinajstić information content (AvgIpc) is 2.97. The number of aliphatic hydroxyl groups is 2. The molecular formula is C33H44F2N2O6. The highest BCUT2D eigenvalue weighted by Gasteiger charge is 2.37. The van der Waals surface area contributed by atoms with Crippen LogP contribution in [0.3, 0.4) is 0 Å². The number of hydrogen-bond donors (Lipinski definition) is 2. The van der Waals surface area contributed by atoms with Crippen LogP contribution in [0.2, 0.25) is 0 Å². The van der Waals surface area contributed by atoms with Gasteiger partial charge in [-0.2, -0.15) is 0 Å². The molecule has 8 nitrogen and oxygen atoms in total. The highest BCUT2D eigenvalue weighted by atomic mass is 19.1. The molecule has 0 unspecified atom stereocenters. The van der Waals surface area contributed by atoms with E-state index in [1.807, 2.05) is 13.8 Å². The van der Waals surface area contributed by atoms with Gasteiger partial charge < -0.3 is 29.5 Å². The molecule has 0 saturated carbocycles. The van der Waals surface area contributed by atoms with Gasteiger partial charge in [-0.15, -0.1) is 0 Å². The van der Waals surface area contributed by atoms with E-state index < -0.39 is 36.0 Å². The molecule has 0 aliphatic carbocycles. The third kappa shape index (κ3) is 9.66. The first-order valence-electron chi connectivity index (χ1n) is 14.7. The Morgan fingerprint density at radius 2 is 1.81 bits per heavy atom. The van der Waals surface area contributed by atoms with Gasteiger partial charge in [0.25, 0.3) is 0 Å². The fourth-order valence-corrected chi connectivity index (χ4v) is 5.44. The van der Waals surface area contributed by atoms with E-state index in [-0.39, 0.29) is 62.1 Å². The van der Waals surface area contributed by atoms with Crippen LogP contribution in [0.1, 0.15) is 50.8 Å². The molecule has 2 aromatic carbocycles. The largest absolute Gasteiger partial charge is 0.388 e. The second-order valence-electron chi connectivity index (χ2n) is 11.3. The van der Waals surface area contributed by atoms with Gasteiger partial charge in [-0.3, -0.25) is 9.59 Å². The molecule has 0 radical (unpaired) electrons. The van der Waals surface area contributed by atoms with E-state index in [4.69, 9.17) is 9.47 Å². The van der Waals surface area contributed by atoms with Crippen molar-refractivity contribution in [1.82, 2.24) is 9.80 Å². The summed E-state index contributed by atoms with van der Waals surface area (Å²) in [4.78, 5) is 30.1. The Morgan fingerprint density at radius 3 is 2.47 bits per heavy atom. The molecule has 0 aromatic heterocycles. The lowest BCUT2D eigenvalue weighted by molar-refractivity contribution is -0.138. The molecule has 10 heteroatoms. The van der Waals surface area contributed by atoms with Crippen molar-refractivity contribution in [2.75, 3.05) is 40.0 Å². The Hall–Kier alpha value is -3.18. The van der Waals surface area contributed by atoms with Crippen LogP contribution in [-0.2, 0) is 19.1 Å². The van der Waals surface area contributed by atoms with Crippen LogP contribution in [0.15, 0.2) is 54.6 Å². The van der Waals surface area contributed by atoms with E-state index in [0.717, 1.165) is 0 Å². The Bertz CT molecular complexity index is 1230. The van der Waals surface area contributed by atoms with Gasteiger partial charge in [0.15, 0.2) is 0 Å². The zero-order chi connectivity index (χ0) is 31.5. The summed E-state index contributed by atoms with van der Waals surface area (Å²) in [6.07, 6.45) is 0.362. The lowest BCUT2D eigenvalue weighted by Crippen LogP contribution is -2.51. The third-order valence-corrected chi connectivity index (χ3v) is 7.96. The van der Waals surface area contributed by atoms with E-state index in [0.29, 0.717) is 18.4 Å². The van der Waals surface area contributed by atoms with Crippen LogP contribution in [0.4, 0.5) is 8.78 Å². The topological polar surface area (TPSA) is 99.5 Å². The van der Waals surface area contributed by atoms with Gasteiger partial charge in [-0.25, -0.2) is 8.78 Å². The number of amides is 2. The van der Waals surface area contributed by atoms with Crippen molar-refractivity contribution in [1.29, 1.82) is 0 Å². The summed E-state index contributed by atoms with van der Waals surface area (Å²) in [5, 5.41) is 21.3. The molecule has 2 amide bonds. The maximum atomic E-state index is 14.7. The molecule has 1 aliphatic heterocycles. The highest BCUT2D eigenvalue weighted by Crippen LogP contribution is 2.36. The molecule has 5 atom stereocenters. The Labute approximate surface area is 252 Å². The van der Waals surface area contributed by atoms with Gasteiger partial charge >= 0.3 is 0 Å². The monoisotopic (exact) mass is 602 g/mol. The van der Waals surface area contributed by atoms with Crippen LogP contribution >= 0.6 is 0 Å². The Morgan fingerprint density at radius 1 is 1.07 bits per heavy atom. The van der Waals surface area contributed by atoms with Crippen molar-refractivity contribution < 1.29 is 38.1 Å². The fourth-order valence-electron chi connectivity index (χ4n) is 5.44. The van der Waals surface area contributed by atoms with Gasteiger partial charge in [0.2, 0.25) is 11.8 Å². The predicted molar refractivity (Wildman–Crippen MR) is 160 cm³/mol. The maximum absolute atomic E-state index is 14.7. The molecule has 1 fully saturated rings. The molecule has 0 bridgehead atoms. The maximum Gasteiger partial charge on any atom is 0.247 e. The summed E-state index contributed by atoms with van der Waals surface area (Å²) in [5.74, 6) is -2.06. The number of rotatable bonds is 5. The SMILES string of the molecule is CO[C@@H]1CN(C(C)=O)C[C@H](C(C)C)[C@@H](c2cccc(F)c2)N(C(=O)/C=C/c2ccccc2F)CCCCOC[C@@H](O)[C@H]1O. The van der Waals surface area contributed by atoms with Crippen molar-refractivity contribution in [3.8, 4) is 0 Å². The molecule has 1 saturated heterocycles. The van der Waals surface area contributed by atoms with E-state index >= 15 is 0 Å². The molecule has 2 N–H and O–H groups in total. The van der Waals surface area contributed by atoms with Gasteiger partial charge in [0.05, 0.1) is 12.6 Å². The standard InChI is InChI=1S/C33H44F2N2O6/c1-22(2)27-19-36(23(3)38)20-30(42-4)33(41)29(39)21-43-17-8-7-16-37(32(27)25-11-9-12-26(34)18-25)31(40)15-14-24-10-5-6-13-28(24)35/h5-6,9-15,18,22,27,29-30,32-33,39,41H,7-8,16-17,19-21H2,1-4H3/b15-14+/t27-,29-,30-,32-,33-/m1/s1. The number of carbonyl (C=O) groups excluding carboxylic acids is 2. The third-order valence-electron chi connectivity index (χ3n) is 7.96. The van der Waals surface area contributed by atoms with Crippen LogP contribution in [0.25, 0.3) is 6.08 Å². The number of aliphatic hydroxyl groups excluding tert-OH is 2. The summed E-state index contributed by atoms with van der Waals surface area (Å²) >= 11 is 0. The van der Waals surface area contributed by atoms with Crippen LogP contribution in [0, 0.1) is 23.5 Å². The van der Waals surface area contributed by atoms with E-state index in [9.17, 15) is 28.6 Å². The summed E-state index contributed by atoms with van der Waals surface area (Å²) in [5.41, 5.74) is 0.824.